The second-order valence-corrected chi connectivity index (χ2v) is 9.57. The summed E-state index contributed by atoms with van der Waals surface area (Å²) < 4.78 is 8.18. The van der Waals surface area contributed by atoms with Crippen LogP contribution >= 0.6 is 0 Å². The van der Waals surface area contributed by atoms with Crippen LogP contribution in [0.15, 0.2) is 42.7 Å². The zero-order chi connectivity index (χ0) is 23.9. The van der Waals surface area contributed by atoms with E-state index in [4.69, 9.17) is 15.6 Å². The number of hydrogen-bond acceptors (Lipinski definition) is 6. The topological polar surface area (TPSA) is 111 Å². The van der Waals surface area contributed by atoms with Gasteiger partial charge in [-0.05, 0) is 57.9 Å². The normalized spacial score (nSPS) is 20.1. The number of carbonyl (C=O) groups excluding carboxylic acids is 1. The van der Waals surface area contributed by atoms with E-state index in [9.17, 15) is 4.79 Å². The van der Waals surface area contributed by atoms with E-state index in [1.54, 1.807) is 12.4 Å². The number of anilines is 1. The van der Waals surface area contributed by atoms with Crippen molar-refractivity contribution in [2.75, 3.05) is 18.8 Å². The number of nitrogens with two attached hydrogens (primary N) is 1. The molecule has 3 N–H and O–H groups in total. The Labute approximate surface area is 199 Å². The van der Waals surface area contributed by atoms with E-state index in [-0.39, 0.29) is 23.6 Å². The lowest BCUT2D eigenvalue weighted by molar-refractivity contribution is 0.203. The number of urea groups is 1. The van der Waals surface area contributed by atoms with Crippen molar-refractivity contribution in [2.45, 2.75) is 57.7 Å². The molecule has 0 bridgehead atoms. The fraction of sp³-hybridized carbons (Fsp3) is 0.440. The number of nitrogens with zero attached hydrogens (tertiary/aromatic N) is 5. The van der Waals surface area contributed by atoms with Crippen molar-refractivity contribution in [3.8, 4) is 17.0 Å². The molecule has 2 aliphatic heterocycles. The zero-order valence-electron chi connectivity index (χ0n) is 19.9. The lowest BCUT2D eigenvalue weighted by Crippen LogP contribution is -2.43. The summed E-state index contributed by atoms with van der Waals surface area (Å²) in [6, 6.07) is 9.89. The predicted octanol–water partition coefficient (Wildman–Crippen LogP) is 3.53. The highest BCUT2D eigenvalue weighted by molar-refractivity contribution is 5.75. The van der Waals surface area contributed by atoms with Crippen LogP contribution in [0.5, 0.6) is 5.75 Å². The summed E-state index contributed by atoms with van der Waals surface area (Å²) in [5, 5.41) is 7.87. The van der Waals surface area contributed by atoms with Crippen LogP contribution < -0.4 is 15.8 Å². The van der Waals surface area contributed by atoms with Crippen LogP contribution in [0.2, 0.25) is 0 Å². The van der Waals surface area contributed by atoms with Gasteiger partial charge in [-0.25, -0.2) is 9.78 Å². The SMILES string of the molecule is CC(C)NC(=O)N1CCC2(CCn3nc(-c4cnc(N)c(O[C@@H](C)c5ccccn5)c4)cc32)C1. The fourth-order valence-electron chi connectivity index (χ4n) is 4.96. The van der Waals surface area contributed by atoms with Gasteiger partial charge in [0.15, 0.2) is 11.6 Å². The maximum Gasteiger partial charge on any atom is 0.317 e. The molecule has 0 radical (unpaired) electrons. The van der Waals surface area contributed by atoms with Crippen LogP contribution in [0.25, 0.3) is 11.3 Å². The van der Waals surface area contributed by atoms with Crippen molar-refractivity contribution < 1.29 is 9.53 Å². The molecular formula is C25H31N7O2. The molecule has 9 heteroatoms. The Balaban J connectivity index is 1.37. The molecule has 0 aliphatic carbocycles. The highest BCUT2D eigenvalue weighted by Crippen LogP contribution is 2.44. The molecule has 0 saturated carbocycles. The molecular weight excluding hydrogens is 430 g/mol. The average Bonchev–Trinajstić information content (AvgIpc) is 3.52. The number of carbonyl (C=O) groups is 1. The van der Waals surface area contributed by atoms with E-state index >= 15 is 0 Å². The van der Waals surface area contributed by atoms with Gasteiger partial charge >= 0.3 is 6.03 Å². The van der Waals surface area contributed by atoms with E-state index in [1.807, 2.05) is 49.9 Å². The summed E-state index contributed by atoms with van der Waals surface area (Å²) >= 11 is 0. The molecule has 1 unspecified atom stereocenters. The number of fused-ring (bicyclic) bond motifs is 2. The van der Waals surface area contributed by atoms with Gasteiger partial charge < -0.3 is 20.7 Å². The molecule has 178 valence electrons. The van der Waals surface area contributed by atoms with E-state index in [0.717, 1.165) is 42.9 Å². The number of likely N-dealkylation sites (tertiary alicyclic amines) is 1. The van der Waals surface area contributed by atoms with Gasteiger partial charge in [0.25, 0.3) is 0 Å². The molecule has 2 aliphatic rings. The zero-order valence-corrected chi connectivity index (χ0v) is 19.9. The number of aromatic nitrogens is 4. The Morgan fingerprint density at radius 2 is 2.00 bits per heavy atom. The first-order valence-corrected chi connectivity index (χ1v) is 11.8. The van der Waals surface area contributed by atoms with Crippen molar-refractivity contribution in [3.05, 3.63) is 54.1 Å². The maximum absolute atomic E-state index is 12.5. The molecule has 1 fully saturated rings. The van der Waals surface area contributed by atoms with Gasteiger partial charge in [0.2, 0.25) is 0 Å². The smallest absolute Gasteiger partial charge is 0.317 e. The van der Waals surface area contributed by atoms with Crippen LogP contribution in [0.1, 0.15) is 51.1 Å². The fourth-order valence-corrected chi connectivity index (χ4v) is 4.96. The maximum atomic E-state index is 12.5. The van der Waals surface area contributed by atoms with Gasteiger partial charge in [-0.3, -0.25) is 9.67 Å². The monoisotopic (exact) mass is 461 g/mol. The second kappa shape index (κ2) is 8.62. The van der Waals surface area contributed by atoms with Crippen LogP contribution in [0.4, 0.5) is 10.6 Å². The van der Waals surface area contributed by atoms with Crippen molar-refractivity contribution in [2.24, 2.45) is 0 Å². The van der Waals surface area contributed by atoms with Gasteiger partial charge in [0.05, 0.1) is 11.4 Å². The third kappa shape index (κ3) is 4.06. The molecule has 9 nitrogen and oxygen atoms in total. The third-order valence-corrected chi connectivity index (χ3v) is 6.76. The summed E-state index contributed by atoms with van der Waals surface area (Å²) in [7, 11) is 0. The van der Waals surface area contributed by atoms with Gasteiger partial charge in [0, 0.05) is 54.7 Å². The van der Waals surface area contributed by atoms with Crippen LogP contribution in [0, 0.1) is 0 Å². The van der Waals surface area contributed by atoms with Crippen molar-refractivity contribution in [3.63, 3.8) is 0 Å². The molecule has 0 aromatic carbocycles. The van der Waals surface area contributed by atoms with Gasteiger partial charge in [0.1, 0.15) is 6.10 Å². The molecule has 5 rings (SSSR count). The molecule has 34 heavy (non-hydrogen) atoms. The predicted molar refractivity (Wildman–Crippen MR) is 129 cm³/mol. The van der Waals surface area contributed by atoms with Crippen LogP contribution in [0.3, 0.4) is 0 Å². The van der Waals surface area contributed by atoms with Crippen molar-refractivity contribution >= 4 is 11.8 Å². The molecule has 5 heterocycles. The molecule has 3 aromatic rings. The Morgan fingerprint density at radius 3 is 2.76 bits per heavy atom. The summed E-state index contributed by atoms with van der Waals surface area (Å²) in [5.41, 5.74) is 9.75. The minimum atomic E-state index is -0.266. The number of hydrogen-bond donors (Lipinski definition) is 2. The first-order valence-electron chi connectivity index (χ1n) is 11.8. The lowest BCUT2D eigenvalue weighted by Gasteiger charge is -2.24. The van der Waals surface area contributed by atoms with Crippen LogP contribution in [-0.2, 0) is 12.0 Å². The van der Waals surface area contributed by atoms with Gasteiger partial charge in [-0.2, -0.15) is 5.10 Å². The minimum Gasteiger partial charge on any atom is -0.481 e. The Kier molecular flexibility index (Phi) is 5.63. The molecule has 3 aromatic heterocycles. The van der Waals surface area contributed by atoms with Gasteiger partial charge in [-0.1, -0.05) is 6.07 Å². The first kappa shape index (κ1) is 22.2. The van der Waals surface area contributed by atoms with E-state index in [2.05, 4.69) is 26.0 Å². The minimum absolute atomic E-state index is 0.0108. The van der Waals surface area contributed by atoms with E-state index in [0.29, 0.717) is 18.1 Å². The van der Waals surface area contributed by atoms with Gasteiger partial charge in [-0.15, -0.1) is 0 Å². The number of nitrogen functional groups attached to an aromatic ring is 1. The number of rotatable bonds is 5. The lowest BCUT2D eigenvalue weighted by atomic mass is 9.82. The number of ether oxygens (including phenoxy) is 1. The Morgan fingerprint density at radius 1 is 1.18 bits per heavy atom. The molecule has 1 spiro atoms. The standard InChI is InChI=1S/C25H31N7O2/c1-16(2)29-24(33)31-10-7-25(15-31)8-11-32-22(25)13-20(30-32)18-12-21(23(26)28-14-18)34-17(3)19-6-4-5-9-27-19/h4-6,9,12-14,16-17H,7-8,10-11,15H2,1-3H3,(H2,26,28)(H,29,33)/t17-,25?/m0/s1. The highest BCUT2D eigenvalue weighted by atomic mass is 16.5. The largest absolute Gasteiger partial charge is 0.481 e. The molecule has 1 saturated heterocycles. The quantitative estimate of drug-likeness (QED) is 0.601. The third-order valence-electron chi connectivity index (χ3n) is 6.76. The summed E-state index contributed by atoms with van der Waals surface area (Å²) in [6.07, 6.45) is 5.15. The Bertz CT molecular complexity index is 1190. The van der Waals surface area contributed by atoms with Crippen molar-refractivity contribution in [1.82, 2.24) is 30.0 Å². The number of nitrogens with one attached hydrogen (secondary N) is 1. The first-order chi connectivity index (χ1) is 16.3. The second-order valence-electron chi connectivity index (χ2n) is 9.57. The Hall–Kier alpha value is -3.62. The number of pyridine rings is 2. The van der Waals surface area contributed by atoms with E-state index < -0.39 is 0 Å². The molecule has 2 atom stereocenters. The summed E-state index contributed by atoms with van der Waals surface area (Å²) in [4.78, 5) is 23.2. The number of aryl methyl sites for hydroxylation is 1. The van der Waals surface area contributed by atoms with Crippen molar-refractivity contribution in [1.29, 1.82) is 0 Å². The van der Waals surface area contributed by atoms with Crippen LogP contribution in [-0.4, -0.2) is 49.8 Å². The molecule has 2 amide bonds. The van der Waals surface area contributed by atoms with E-state index in [1.165, 1.54) is 5.69 Å². The average molecular weight is 462 g/mol. The summed E-state index contributed by atoms with van der Waals surface area (Å²) in [5.74, 6) is 0.841. The summed E-state index contributed by atoms with van der Waals surface area (Å²) in [6.45, 7) is 8.22. The number of amides is 2. The highest BCUT2D eigenvalue weighted by Gasteiger charge is 2.47.